The van der Waals surface area contributed by atoms with Crippen molar-refractivity contribution in [2.24, 2.45) is 0 Å². The first-order valence-corrected chi connectivity index (χ1v) is 7.07. The molecule has 2 aromatic rings. The molecule has 1 aromatic heterocycles. The highest BCUT2D eigenvalue weighted by Gasteiger charge is 2.28. The summed E-state index contributed by atoms with van der Waals surface area (Å²) in [5.41, 5.74) is 1.13. The van der Waals surface area contributed by atoms with Gasteiger partial charge in [-0.25, -0.2) is 0 Å². The highest BCUT2D eigenvalue weighted by atomic mass is 16.5. The van der Waals surface area contributed by atoms with E-state index in [0.29, 0.717) is 23.3 Å². The summed E-state index contributed by atoms with van der Waals surface area (Å²) in [5, 5.41) is 7.07. The Bertz CT molecular complexity index is 608. The van der Waals surface area contributed by atoms with Crippen molar-refractivity contribution in [3.8, 4) is 11.5 Å². The molecule has 1 N–H and O–H groups in total. The van der Waals surface area contributed by atoms with E-state index in [-0.39, 0.29) is 6.61 Å². The number of nitrogens with one attached hydrogen (secondary N) is 1. The lowest BCUT2D eigenvalue weighted by Gasteiger charge is -2.10. The lowest BCUT2D eigenvalue weighted by Crippen LogP contribution is -2.05. The lowest BCUT2D eigenvalue weighted by molar-refractivity contribution is 0.233. The third-order valence-corrected chi connectivity index (χ3v) is 3.39. The molecule has 0 radical (unpaired) electrons. The summed E-state index contributed by atoms with van der Waals surface area (Å²) in [4.78, 5) is 4.34. The largest absolute Gasteiger partial charge is 0.493 e. The number of nitrogens with zero attached hydrogens (tertiary/aromatic N) is 2. The molecular formula is C15H19N3O3. The summed E-state index contributed by atoms with van der Waals surface area (Å²) in [5.74, 6) is 3.15. The molecule has 0 bridgehead atoms. The number of methoxy groups -OCH3 is 1. The first-order valence-electron chi connectivity index (χ1n) is 7.07. The van der Waals surface area contributed by atoms with E-state index in [1.807, 2.05) is 25.2 Å². The molecule has 1 aliphatic carbocycles. The SMILES string of the molecule is CNCc1ccc(OCc2nc(C3CC3)no2)c(OC)c1. The zero-order valence-electron chi connectivity index (χ0n) is 12.3. The molecule has 6 heteroatoms. The van der Waals surface area contributed by atoms with Crippen LogP contribution < -0.4 is 14.8 Å². The van der Waals surface area contributed by atoms with Crippen molar-refractivity contribution in [1.82, 2.24) is 15.5 Å². The van der Waals surface area contributed by atoms with Crippen LogP contribution in [0.25, 0.3) is 0 Å². The molecule has 1 fully saturated rings. The van der Waals surface area contributed by atoms with Crippen LogP contribution in [0.1, 0.15) is 36.0 Å². The van der Waals surface area contributed by atoms with Gasteiger partial charge in [-0.1, -0.05) is 11.2 Å². The molecular weight excluding hydrogens is 270 g/mol. The molecule has 0 atom stereocenters. The van der Waals surface area contributed by atoms with Crippen LogP contribution in [-0.4, -0.2) is 24.3 Å². The highest BCUT2D eigenvalue weighted by molar-refractivity contribution is 5.42. The number of ether oxygens (including phenoxy) is 2. The summed E-state index contributed by atoms with van der Waals surface area (Å²) in [6.45, 7) is 1.03. The number of rotatable bonds is 7. The van der Waals surface area contributed by atoms with Crippen LogP contribution in [-0.2, 0) is 13.2 Å². The predicted octanol–water partition coefficient (Wildman–Crippen LogP) is 2.25. The van der Waals surface area contributed by atoms with E-state index >= 15 is 0 Å². The van der Waals surface area contributed by atoms with Crippen LogP contribution in [0.15, 0.2) is 22.7 Å². The Kier molecular flexibility index (Phi) is 4.06. The van der Waals surface area contributed by atoms with Gasteiger partial charge in [0.15, 0.2) is 23.9 Å². The Morgan fingerprint density at radius 2 is 2.19 bits per heavy atom. The van der Waals surface area contributed by atoms with Crippen LogP contribution in [0.5, 0.6) is 11.5 Å². The van der Waals surface area contributed by atoms with E-state index in [2.05, 4.69) is 15.5 Å². The fraction of sp³-hybridized carbons (Fsp3) is 0.467. The van der Waals surface area contributed by atoms with E-state index in [1.54, 1.807) is 7.11 Å². The fourth-order valence-corrected chi connectivity index (χ4v) is 2.12. The third-order valence-electron chi connectivity index (χ3n) is 3.39. The second kappa shape index (κ2) is 6.13. The summed E-state index contributed by atoms with van der Waals surface area (Å²) in [6, 6.07) is 5.84. The minimum Gasteiger partial charge on any atom is -0.493 e. The number of hydrogen-bond donors (Lipinski definition) is 1. The first-order chi connectivity index (χ1) is 10.3. The van der Waals surface area contributed by atoms with Crippen molar-refractivity contribution in [1.29, 1.82) is 0 Å². The highest BCUT2D eigenvalue weighted by Crippen LogP contribution is 2.38. The smallest absolute Gasteiger partial charge is 0.264 e. The Hall–Kier alpha value is -2.08. The minimum absolute atomic E-state index is 0.251. The molecule has 1 saturated carbocycles. The summed E-state index contributed by atoms with van der Waals surface area (Å²) in [6.07, 6.45) is 2.31. The molecule has 0 amide bonds. The van der Waals surface area contributed by atoms with Gasteiger partial charge in [0.2, 0.25) is 0 Å². The maximum Gasteiger partial charge on any atom is 0.264 e. The summed E-state index contributed by atoms with van der Waals surface area (Å²) >= 11 is 0. The first kappa shape index (κ1) is 13.9. The molecule has 112 valence electrons. The minimum atomic E-state index is 0.251. The molecule has 1 aromatic carbocycles. The Balaban J connectivity index is 1.65. The Labute approximate surface area is 123 Å². The number of aromatic nitrogens is 2. The topological polar surface area (TPSA) is 69.4 Å². The van der Waals surface area contributed by atoms with Gasteiger partial charge < -0.3 is 19.3 Å². The maximum absolute atomic E-state index is 5.72. The van der Waals surface area contributed by atoms with Crippen molar-refractivity contribution in [2.45, 2.75) is 31.9 Å². The zero-order valence-corrected chi connectivity index (χ0v) is 12.3. The van der Waals surface area contributed by atoms with Crippen molar-refractivity contribution in [3.05, 3.63) is 35.5 Å². The molecule has 3 rings (SSSR count). The second-order valence-electron chi connectivity index (χ2n) is 5.12. The van der Waals surface area contributed by atoms with E-state index in [4.69, 9.17) is 14.0 Å². The van der Waals surface area contributed by atoms with E-state index in [1.165, 1.54) is 0 Å². The molecule has 1 aliphatic rings. The average molecular weight is 289 g/mol. The van der Waals surface area contributed by atoms with Crippen LogP contribution >= 0.6 is 0 Å². The van der Waals surface area contributed by atoms with Crippen molar-refractivity contribution < 1.29 is 14.0 Å². The van der Waals surface area contributed by atoms with Crippen molar-refractivity contribution >= 4 is 0 Å². The van der Waals surface area contributed by atoms with Crippen molar-refractivity contribution in [2.75, 3.05) is 14.2 Å². The lowest BCUT2D eigenvalue weighted by atomic mass is 10.2. The molecule has 0 spiro atoms. The quantitative estimate of drug-likeness (QED) is 0.843. The second-order valence-corrected chi connectivity index (χ2v) is 5.12. The molecule has 0 saturated heterocycles. The maximum atomic E-state index is 5.72. The normalized spacial score (nSPS) is 14.2. The predicted molar refractivity (Wildman–Crippen MR) is 76.4 cm³/mol. The number of benzene rings is 1. The van der Waals surface area contributed by atoms with Gasteiger partial charge in [0.25, 0.3) is 5.89 Å². The third kappa shape index (κ3) is 3.33. The van der Waals surface area contributed by atoms with Gasteiger partial charge in [0, 0.05) is 12.5 Å². The monoisotopic (exact) mass is 289 g/mol. The van der Waals surface area contributed by atoms with Gasteiger partial charge in [-0.2, -0.15) is 4.98 Å². The van der Waals surface area contributed by atoms with Crippen LogP contribution in [0, 0.1) is 0 Å². The van der Waals surface area contributed by atoms with Crippen LogP contribution in [0.3, 0.4) is 0 Å². The van der Waals surface area contributed by atoms with Gasteiger partial charge in [-0.15, -0.1) is 0 Å². The van der Waals surface area contributed by atoms with Gasteiger partial charge in [-0.05, 0) is 37.6 Å². The van der Waals surface area contributed by atoms with E-state index in [9.17, 15) is 0 Å². The summed E-state index contributed by atoms with van der Waals surface area (Å²) < 4.78 is 16.3. The van der Waals surface area contributed by atoms with Gasteiger partial charge in [-0.3, -0.25) is 0 Å². The van der Waals surface area contributed by atoms with Crippen LogP contribution in [0.2, 0.25) is 0 Å². The summed E-state index contributed by atoms with van der Waals surface area (Å²) in [7, 11) is 3.53. The van der Waals surface area contributed by atoms with E-state index in [0.717, 1.165) is 30.8 Å². The number of hydrogen-bond acceptors (Lipinski definition) is 6. The Morgan fingerprint density at radius 3 is 2.90 bits per heavy atom. The van der Waals surface area contributed by atoms with E-state index < -0.39 is 0 Å². The van der Waals surface area contributed by atoms with Gasteiger partial charge in [0.1, 0.15) is 0 Å². The molecule has 6 nitrogen and oxygen atoms in total. The van der Waals surface area contributed by atoms with Crippen molar-refractivity contribution in [3.63, 3.8) is 0 Å². The van der Waals surface area contributed by atoms with Crippen LogP contribution in [0.4, 0.5) is 0 Å². The molecule has 21 heavy (non-hydrogen) atoms. The molecule has 0 unspecified atom stereocenters. The Morgan fingerprint density at radius 1 is 1.33 bits per heavy atom. The fourth-order valence-electron chi connectivity index (χ4n) is 2.12. The molecule has 1 heterocycles. The standard InChI is InChI=1S/C15H19N3O3/c1-16-8-10-3-6-12(13(7-10)19-2)20-9-14-17-15(18-21-14)11-4-5-11/h3,6-7,11,16H,4-5,8-9H2,1-2H3. The molecule has 0 aliphatic heterocycles. The van der Waals surface area contributed by atoms with Gasteiger partial charge >= 0.3 is 0 Å². The average Bonchev–Trinajstić information content (AvgIpc) is 3.25. The zero-order chi connectivity index (χ0) is 14.7. The van der Waals surface area contributed by atoms with Gasteiger partial charge in [0.05, 0.1) is 7.11 Å².